The van der Waals surface area contributed by atoms with Gasteiger partial charge < -0.3 is 4.57 Å². The van der Waals surface area contributed by atoms with Gasteiger partial charge in [-0.2, -0.15) is 0 Å². The SMILES string of the molecule is CCn1cnc(-c2ccc(SS)cc2C)c1. The Bertz CT molecular complexity index is 492. The molecule has 2 aromatic rings. The maximum Gasteiger partial charge on any atom is 0.0953 e. The first-order valence-electron chi connectivity index (χ1n) is 5.18. The smallest absolute Gasteiger partial charge is 0.0953 e. The van der Waals surface area contributed by atoms with Gasteiger partial charge in [-0.1, -0.05) is 16.9 Å². The van der Waals surface area contributed by atoms with Crippen LogP contribution in [-0.4, -0.2) is 9.55 Å². The average Bonchev–Trinajstić information content (AvgIpc) is 2.77. The van der Waals surface area contributed by atoms with Gasteiger partial charge >= 0.3 is 0 Å². The highest BCUT2D eigenvalue weighted by atomic mass is 33.1. The first kappa shape index (κ1) is 11.6. The lowest BCUT2D eigenvalue weighted by Crippen LogP contribution is -1.87. The molecule has 0 radical (unpaired) electrons. The summed E-state index contributed by atoms with van der Waals surface area (Å²) in [7, 11) is 1.47. The zero-order valence-electron chi connectivity index (χ0n) is 9.34. The molecule has 0 aliphatic heterocycles. The fourth-order valence-electron chi connectivity index (χ4n) is 1.65. The number of hydrogen-bond donors (Lipinski definition) is 1. The molecule has 0 fully saturated rings. The zero-order chi connectivity index (χ0) is 11.5. The summed E-state index contributed by atoms with van der Waals surface area (Å²) in [6, 6.07) is 6.32. The Morgan fingerprint density at radius 1 is 1.44 bits per heavy atom. The lowest BCUT2D eigenvalue weighted by molar-refractivity contribution is 0.762. The average molecular weight is 250 g/mol. The Morgan fingerprint density at radius 2 is 2.25 bits per heavy atom. The van der Waals surface area contributed by atoms with Crippen molar-refractivity contribution in [1.82, 2.24) is 9.55 Å². The van der Waals surface area contributed by atoms with Crippen molar-refractivity contribution >= 4 is 22.5 Å². The summed E-state index contributed by atoms with van der Waals surface area (Å²) in [4.78, 5) is 5.58. The van der Waals surface area contributed by atoms with Crippen molar-refractivity contribution in [2.75, 3.05) is 0 Å². The first-order chi connectivity index (χ1) is 7.74. The van der Waals surface area contributed by atoms with Crippen LogP contribution < -0.4 is 0 Å². The number of rotatable bonds is 3. The molecule has 0 atom stereocenters. The summed E-state index contributed by atoms with van der Waals surface area (Å²) in [5.74, 6) is 0. The van der Waals surface area contributed by atoms with E-state index in [1.165, 1.54) is 26.8 Å². The number of thiol groups is 1. The second-order valence-corrected chi connectivity index (χ2v) is 4.86. The highest BCUT2D eigenvalue weighted by molar-refractivity contribution is 8.68. The summed E-state index contributed by atoms with van der Waals surface area (Å²) < 4.78 is 2.08. The number of aryl methyl sites for hydroxylation is 2. The van der Waals surface area contributed by atoms with Gasteiger partial charge in [-0.25, -0.2) is 4.98 Å². The van der Waals surface area contributed by atoms with Crippen LogP contribution in [0.5, 0.6) is 0 Å². The van der Waals surface area contributed by atoms with Crippen LogP contribution >= 0.6 is 22.5 Å². The number of aromatic nitrogens is 2. The maximum atomic E-state index is 4.41. The Labute approximate surface area is 105 Å². The predicted octanol–water partition coefficient (Wildman–Crippen LogP) is 3.82. The van der Waals surface area contributed by atoms with E-state index >= 15 is 0 Å². The lowest BCUT2D eigenvalue weighted by atomic mass is 10.1. The van der Waals surface area contributed by atoms with Gasteiger partial charge in [-0.05, 0) is 31.5 Å². The van der Waals surface area contributed by atoms with Crippen molar-refractivity contribution in [3.8, 4) is 11.3 Å². The normalized spacial score (nSPS) is 10.7. The Morgan fingerprint density at radius 3 is 2.81 bits per heavy atom. The number of nitrogens with zero attached hydrogens (tertiary/aromatic N) is 2. The summed E-state index contributed by atoms with van der Waals surface area (Å²) in [5, 5.41) is 0. The van der Waals surface area contributed by atoms with E-state index in [1.807, 2.05) is 6.33 Å². The van der Waals surface area contributed by atoms with Crippen LogP contribution in [0.25, 0.3) is 11.3 Å². The molecule has 0 aliphatic rings. The minimum atomic E-state index is 0.955. The molecular weight excluding hydrogens is 236 g/mol. The molecule has 2 nitrogen and oxygen atoms in total. The van der Waals surface area contributed by atoms with E-state index in [9.17, 15) is 0 Å². The van der Waals surface area contributed by atoms with E-state index in [4.69, 9.17) is 0 Å². The van der Waals surface area contributed by atoms with E-state index in [-0.39, 0.29) is 0 Å². The number of hydrogen-bond acceptors (Lipinski definition) is 3. The van der Waals surface area contributed by atoms with Crippen LogP contribution in [0.3, 0.4) is 0 Å². The van der Waals surface area contributed by atoms with Gasteiger partial charge in [0.25, 0.3) is 0 Å². The predicted molar refractivity (Wildman–Crippen MR) is 72.9 cm³/mol. The van der Waals surface area contributed by atoms with Gasteiger partial charge in [0.2, 0.25) is 0 Å². The van der Waals surface area contributed by atoms with Gasteiger partial charge in [0.05, 0.1) is 12.0 Å². The third-order valence-corrected chi connectivity index (χ3v) is 3.67. The minimum Gasteiger partial charge on any atom is -0.337 e. The van der Waals surface area contributed by atoms with Gasteiger partial charge in [0.15, 0.2) is 0 Å². The molecule has 0 bridgehead atoms. The third-order valence-electron chi connectivity index (χ3n) is 2.58. The van der Waals surface area contributed by atoms with Crippen molar-refractivity contribution in [2.45, 2.75) is 25.3 Å². The second kappa shape index (κ2) is 4.97. The maximum absolute atomic E-state index is 4.41. The van der Waals surface area contributed by atoms with Crippen molar-refractivity contribution in [3.05, 3.63) is 36.3 Å². The van der Waals surface area contributed by atoms with E-state index in [0.717, 1.165) is 12.2 Å². The van der Waals surface area contributed by atoms with Gasteiger partial charge in [0.1, 0.15) is 0 Å². The fraction of sp³-hybridized carbons (Fsp3) is 0.250. The highest BCUT2D eigenvalue weighted by Gasteiger charge is 2.05. The minimum absolute atomic E-state index is 0.955. The number of benzene rings is 1. The molecule has 2 rings (SSSR count). The zero-order valence-corrected chi connectivity index (χ0v) is 11.1. The monoisotopic (exact) mass is 250 g/mol. The van der Waals surface area contributed by atoms with Crippen LogP contribution in [-0.2, 0) is 6.54 Å². The van der Waals surface area contributed by atoms with Crippen LogP contribution in [0.2, 0.25) is 0 Å². The molecule has 0 aliphatic carbocycles. The van der Waals surface area contributed by atoms with E-state index < -0.39 is 0 Å². The molecule has 16 heavy (non-hydrogen) atoms. The van der Waals surface area contributed by atoms with Crippen LogP contribution in [0.1, 0.15) is 12.5 Å². The van der Waals surface area contributed by atoms with E-state index in [0.29, 0.717) is 0 Å². The molecule has 1 aromatic carbocycles. The van der Waals surface area contributed by atoms with Crippen LogP contribution in [0.15, 0.2) is 35.6 Å². The fourth-order valence-corrected chi connectivity index (χ4v) is 2.35. The standard InChI is InChI=1S/C12H14N2S2/c1-3-14-7-12(13-8-14)11-5-4-10(16-15)6-9(11)2/h4-8,15H,3H2,1-2H3. The Hall–Kier alpha value is -0.870. The third kappa shape index (κ3) is 2.28. The largest absolute Gasteiger partial charge is 0.337 e. The van der Waals surface area contributed by atoms with Crippen molar-refractivity contribution in [3.63, 3.8) is 0 Å². The van der Waals surface area contributed by atoms with Gasteiger partial charge in [-0.15, -0.1) is 11.7 Å². The van der Waals surface area contributed by atoms with Crippen LogP contribution in [0, 0.1) is 6.92 Å². The molecule has 1 heterocycles. The Kier molecular flexibility index (Phi) is 3.61. The summed E-state index contributed by atoms with van der Waals surface area (Å²) in [5.41, 5.74) is 3.47. The molecule has 4 heteroatoms. The topological polar surface area (TPSA) is 17.8 Å². The summed E-state index contributed by atoms with van der Waals surface area (Å²) >= 11 is 4.20. The lowest BCUT2D eigenvalue weighted by Gasteiger charge is -2.04. The van der Waals surface area contributed by atoms with Crippen molar-refractivity contribution in [2.24, 2.45) is 0 Å². The van der Waals surface area contributed by atoms with E-state index in [1.54, 1.807) is 0 Å². The Balaban J connectivity index is 2.40. The number of imidazole rings is 1. The molecule has 0 amide bonds. The second-order valence-electron chi connectivity index (χ2n) is 3.66. The molecule has 0 unspecified atom stereocenters. The van der Waals surface area contributed by atoms with Crippen molar-refractivity contribution in [1.29, 1.82) is 0 Å². The van der Waals surface area contributed by atoms with Crippen LogP contribution in [0.4, 0.5) is 0 Å². The summed E-state index contributed by atoms with van der Waals surface area (Å²) in [6.45, 7) is 5.17. The molecule has 0 N–H and O–H groups in total. The summed E-state index contributed by atoms with van der Waals surface area (Å²) in [6.07, 6.45) is 3.95. The first-order valence-corrected chi connectivity index (χ1v) is 7.05. The highest BCUT2D eigenvalue weighted by Crippen LogP contribution is 2.28. The quantitative estimate of drug-likeness (QED) is 0.659. The molecule has 0 saturated carbocycles. The molecule has 1 aromatic heterocycles. The van der Waals surface area contributed by atoms with Gasteiger partial charge in [-0.3, -0.25) is 0 Å². The van der Waals surface area contributed by atoms with Gasteiger partial charge in [0, 0.05) is 23.2 Å². The van der Waals surface area contributed by atoms with Crippen molar-refractivity contribution < 1.29 is 0 Å². The molecule has 0 spiro atoms. The van der Waals surface area contributed by atoms with E-state index in [2.05, 4.69) is 59.5 Å². The molecular formula is C12H14N2S2. The molecule has 0 saturated heterocycles. The molecule has 84 valence electrons.